The van der Waals surface area contributed by atoms with Crippen LogP contribution < -0.4 is 10.5 Å². The number of nitrogens with two attached hydrogens (primary N) is 1. The molecule has 2 aliphatic rings. The smallest absolute Gasteiger partial charge is 0.119 e. The molecule has 0 spiro atoms. The van der Waals surface area contributed by atoms with Crippen LogP contribution in [-0.4, -0.2) is 37.7 Å². The molecule has 2 N–H and O–H groups in total. The van der Waals surface area contributed by atoms with E-state index in [0.717, 1.165) is 31.1 Å². The quantitative estimate of drug-likeness (QED) is 0.895. The Morgan fingerprint density at radius 1 is 1.35 bits per heavy atom. The van der Waals surface area contributed by atoms with Crippen molar-refractivity contribution >= 4 is 0 Å². The Labute approximate surface area is 122 Å². The summed E-state index contributed by atoms with van der Waals surface area (Å²) in [6.07, 6.45) is 6.15. The lowest BCUT2D eigenvalue weighted by Gasteiger charge is -2.45. The Morgan fingerprint density at radius 2 is 2.15 bits per heavy atom. The van der Waals surface area contributed by atoms with Crippen molar-refractivity contribution in [3.63, 3.8) is 0 Å². The zero-order valence-corrected chi connectivity index (χ0v) is 12.7. The number of hydrogen-bond donors (Lipinski definition) is 1. The van der Waals surface area contributed by atoms with Crippen molar-refractivity contribution < 1.29 is 4.74 Å². The van der Waals surface area contributed by atoms with E-state index in [2.05, 4.69) is 30.1 Å². The molecule has 3 rings (SSSR count). The van der Waals surface area contributed by atoms with E-state index in [4.69, 9.17) is 10.5 Å². The molecule has 0 amide bonds. The molecule has 0 saturated heterocycles. The van der Waals surface area contributed by atoms with Crippen LogP contribution in [-0.2, 0) is 12.8 Å². The predicted octanol–water partition coefficient (Wildman–Crippen LogP) is 2.22. The van der Waals surface area contributed by atoms with Gasteiger partial charge in [0.1, 0.15) is 5.75 Å². The average molecular weight is 274 g/mol. The second-order valence-corrected chi connectivity index (χ2v) is 6.56. The molecule has 1 fully saturated rings. The first-order valence-electron chi connectivity index (χ1n) is 7.74. The highest BCUT2D eigenvalue weighted by Crippen LogP contribution is 2.37. The third-order valence-corrected chi connectivity index (χ3v) is 5.21. The highest BCUT2D eigenvalue weighted by atomic mass is 16.5. The molecule has 0 radical (unpaired) electrons. The second kappa shape index (κ2) is 5.38. The first-order chi connectivity index (χ1) is 9.66. The molecule has 1 aromatic rings. The average Bonchev–Trinajstić information content (AvgIpc) is 3.29. The third-order valence-electron chi connectivity index (χ3n) is 5.21. The number of hydrogen-bond acceptors (Lipinski definition) is 3. The summed E-state index contributed by atoms with van der Waals surface area (Å²) in [6.45, 7) is 1.95. The number of aryl methyl sites for hydroxylation is 1. The highest BCUT2D eigenvalue weighted by molar-refractivity contribution is 5.39. The molecule has 0 bridgehead atoms. The minimum atomic E-state index is 0.141. The van der Waals surface area contributed by atoms with E-state index in [9.17, 15) is 0 Å². The summed E-state index contributed by atoms with van der Waals surface area (Å²) in [5.41, 5.74) is 9.22. The molecule has 1 saturated carbocycles. The normalized spacial score (nSPS) is 25.6. The van der Waals surface area contributed by atoms with Crippen molar-refractivity contribution in [2.75, 3.05) is 27.2 Å². The lowest BCUT2D eigenvalue weighted by atomic mass is 9.76. The molecule has 110 valence electrons. The Balaban J connectivity index is 1.82. The van der Waals surface area contributed by atoms with E-state index in [0.29, 0.717) is 0 Å². The molecule has 2 aliphatic carbocycles. The van der Waals surface area contributed by atoms with Crippen molar-refractivity contribution in [3.05, 3.63) is 29.3 Å². The maximum atomic E-state index is 6.19. The molecule has 1 atom stereocenters. The standard InChI is InChI=1S/C17H26N2O/c1-19(11-13-3-4-13)17(12-18)8-7-14-5-6-16(20-2)9-15(14)10-17/h5-6,9,13H,3-4,7-8,10-12,18H2,1-2H3. The monoisotopic (exact) mass is 274 g/mol. The molecule has 1 unspecified atom stereocenters. The van der Waals surface area contributed by atoms with E-state index >= 15 is 0 Å². The van der Waals surface area contributed by atoms with Crippen LogP contribution in [0.1, 0.15) is 30.4 Å². The summed E-state index contributed by atoms with van der Waals surface area (Å²) in [7, 11) is 4.00. The number of nitrogens with zero attached hydrogens (tertiary/aromatic N) is 1. The van der Waals surface area contributed by atoms with Gasteiger partial charge in [-0.15, -0.1) is 0 Å². The number of rotatable bonds is 5. The van der Waals surface area contributed by atoms with Crippen LogP contribution in [0.2, 0.25) is 0 Å². The fraction of sp³-hybridized carbons (Fsp3) is 0.647. The molecule has 0 aromatic heterocycles. The maximum Gasteiger partial charge on any atom is 0.119 e. The van der Waals surface area contributed by atoms with Crippen molar-refractivity contribution in [3.8, 4) is 5.75 Å². The van der Waals surface area contributed by atoms with E-state index in [1.54, 1.807) is 7.11 Å². The summed E-state index contributed by atoms with van der Waals surface area (Å²) in [5, 5.41) is 0. The summed E-state index contributed by atoms with van der Waals surface area (Å²) in [5.74, 6) is 1.87. The molecular formula is C17H26N2O. The van der Waals surface area contributed by atoms with Gasteiger partial charge in [-0.3, -0.25) is 4.90 Å². The van der Waals surface area contributed by atoms with E-state index in [1.165, 1.54) is 36.9 Å². The summed E-state index contributed by atoms with van der Waals surface area (Å²) in [6, 6.07) is 6.49. The van der Waals surface area contributed by atoms with Gasteiger partial charge in [0.15, 0.2) is 0 Å². The molecule has 1 aromatic carbocycles. The van der Waals surface area contributed by atoms with Gasteiger partial charge in [0.05, 0.1) is 7.11 Å². The molecular weight excluding hydrogens is 248 g/mol. The molecule has 3 heteroatoms. The Morgan fingerprint density at radius 3 is 2.80 bits per heavy atom. The Hall–Kier alpha value is -1.06. The lowest BCUT2D eigenvalue weighted by molar-refractivity contribution is 0.103. The zero-order valence-electron chi connectivity index (χ0n) is 12.7. The van der Waals surface area contributed by atoms with Crippen LogP contribution in [0, 0.1) is 5.92 Å². The minimum Gasteiger partial charge on any atom is -0.497 e. The van der Waals surface area contributed by atoms with Crippen molar-refractivity contribution in [1.82, 2.24) is 4.90 Å². The first-order valence-corrected chi connectivity index (χ1v) is 7.74. The molecule has 0 heterocycles. The fourth-order valence-corrected chi connectivity index (χ4v) is 3.49. The minimum absolute atomic E-state index is 0.141. The van der Waals surface area contributed by atoms with Gasteiger partial charge in [-0.25, -0.2) is 0 Å². The van der Waals surface area contributed by atoms with Gasteiger partial charge in [-0.2, -0.15) is 0 Å². The molecule has 3 nitrogen and oxygen atoms in total. The van der Waals surface area contributed by atoms with Crippen molar-refractivity contribution in [1.29, 1.82) is 0 Å². The van der Waals surface area contributed by atoms with Gasteiger partial charge in [0.25, 0.3) is 0 Å². The number of ether oxygens (including phenoxy) is 1. The largest absolute Gasteiger partial charge is 0.497 e. The number of methoxy groups -OCH3 is 1. The Bertz CT molecular complexity index is 484. The van der Waals surface area contributed by atoms with E-state index in [1.807, 2.05) is 0 Å². The van der Waals surface area contributed by atoms with E-state index in [-0.39, 0.29) is 5.54 Å². The van der Waals surface area contributed by atoms with Gasteiger partial charge >= 0.3 is 0 Å². The third kappa shape index (κ3) is 2.57. The number of benzene rings is 1. The molecule has 0 aliphatic heterocycles. The van der Waals surface area contributed by atoms with Gasteiger partial charge in [0.2, 0.25) is 0 Å². The van der Waals surface area contributed by atoms with Gasteiger partial charge in [-0.1, -0.05) is 6.07 Å². The highest BCUT2D eigenvalue weighted by Gasteiger charge is 2.39. The molecule has 20 heavy (non-hydrogen) atoms. The maximum absolute atomic E-state index is 6.19. The zero-order chi connectivity index (χ0) is 14.2. The van der Waals surface area contributed by atoms with Crippen molar-refractivity contribution in [2.24, 2.45) is 11.7 Å². The second-order valence-electron chi connectivity index (χ2n) is 6.56. The number of likely N-dealkylation sites (N-methyl/N-ethyl adjacent to an activating group) is 1. The van der Waals surface area contributed by atoms with Crippen LogP contribution in [0.25, 0.3) is 0 Å². The van der Waals surface area contributed by atoms with Crippen LogP contribution >= 0.6 is 0 Å². The van der Waals surface area contributed by atoms with Crippen LogP contribution in [0.5, 0.6) is 5.75 Å². The van der Waals surface area contributed by atoms with Gasteiger partial charge in [-0.05, 0) is 68.3 Å². The van der Waals surface area contributed by atoms with Crippen LogP contribution in [0.15, 0.2) is 18.2 Å². The Kier molecular flexibility index (Phi) is 3.74. The van der Waals surface area contributed by atoms with Crippen LogP contribution in [0.3, 0.4) is 0 Å². The van der Waals surface area contributed by atoms with Crippen LogP contribution in [0.4, 0.5) is 0 Å². The lowest BCUT2D eigenvalue weighted by Crippen LogP contribution is -2.56. The van der Waals surface area contributed by atoms with Crippen molar-refractivity contribution in [2.45, 2.75) is 37.6 Å². The van der Waals surface area contributed by atoms with Gasteiger partial charge < -0.3 is 10.5 Å². The topological polar surface area (TPSA) is 38.5 Å². The summed E-state index contributed by atoms with van der Waals surface area (Å²) >= 11 is 0. The predicted molar refractivity (Wildman–Crippen MR) is 82.2 cm³/mol. The SMILES string of the molecule is COc1ccc2c(c1)CC(CN)(N(C)CC1CC1)CC2. The summed E-state index contributed by atoms with van der Waals surface area (Å²) < 4.78 is 5.37. The first kappa shape index (κ1) is 13.9. The fourth-order valence-electron chi connectivity index (χ4n) is 3.49. The number of fused-ring (bicyclic) bond motifs is 1. The van der Waals surface area contributed by atoms with Gasteiger partial charge in [0, 0.05) is 18.6 Å². The van der Waals surface area contributed by atoms with E-state index < -0.39 is 0 Å². The summed E-state index contributed by atoms with van der Waals surface area (Å²) in [4.78, 5) is 2.53.